The van der Waals surface area contributed by atoms with E-state index in [1.165, 1.54) is 0 Å². The molecule has 1 fully saturated rings. The van der Waals surface area contributed by atoms with Crippen LogP contribution >= 0.6 is 0 Å². The van der Waals surface area contributed by atoms with Gasteiger partial charge in [0, 0.05) is 13.1 Å². The maximum Gasteiger partial charge on any atom is 0.410 e. The SMILES string of the molecule is CC(C)(C)OC(=O)NCC1CN(C(=O)OCc2ccccc2)CC1(F)F. The largest absolute Gasteiger partial charge is 0.445 e. The first-order valence-corrected chi connectivity index (χ1v) is 8.37. The van der Waals surface area contributed by atoms with Crippen LogP contribution in [0, 0.1) is 5.92 Å². The monoisotopic (exact) mass is 370 g/mol. The third kappa shape index (κ3) is 5.86. The molecule has 2 amide bonds. The lowest BCUT2D eigenvalue weighted by atomic mass is 10.1. The van der Waals surface area contributed by atoms with Crippen molar-refractivity contribution < 1.29 is 27.8 Å². The summed E-state index contributed by atoms with van der Waals surface area (Å²) in [5, 5.41) is 2.33. The van der Waals surface area contributed by atoms with Crippen LogP contribution in [-0.2, 0) is 16.1 Å². The van der Waals surface area contributed by atoms with Crippen molar-refractivity contribution in [3.8, 4) is 0 Å². The summed E-state index contributed by atoms with van der Waals surface area (Å²) in [5.74, 6) is -4.31. The zero-order chi connectivity index (χ0) is 19.4. The van der Waals surface area contributed by atoms with E-state index in [0.717, 1.165) is 10.5 Å². The molecule has 0 spiro atoms. The molecule has 2 rings (SSSR count). The second-order valence-corrected chi connectivity index (χ2v) is 7.26. The number of nitrogens with zero attached hydrogens (tertiary/aromatic N) is 1. The second-order valence-electron chi connectivity index (χ2n) is 7.26. The lowest BCUT2D eigenvalue weighted by molar-refractivity contribution is -0.0270. The van der Waals surface area contributed by atoms with Gasteiger partial charge in [-0.1, -0.05) is 30.3 Å². The van der Waals surface area contributed by atoms with Crippen molar-refractivity contribution in [2.45, 2.75) is 38.9 Å². The summed E-state index contributed by atoms with van der Waals surface area (Å²) < 4.78 is 38.4. The molecule has 6 nitrogen and oxygen atoms in total. The quantitative estimate of drug-likeness (QED) is 0.882. The second kappa shape index (κ2) is 7.88. The van der Waals surface area contributed by atoms with Crippen molar-refractivity contribution in [2.75, 3.05) is 19.6 Å². The van der Waals surface area contributed by atoms with Crippen LogP contribution < -0.4 is 5.32 Å². The maximum atomic E-state index is 14.1. The van der Waals surface area contributed by atoms with Crippen molar-refractivity contribution >= 4 is 12.2 Å². The van der Waals surface area contributed by atoms with Gasteiger partial charge in [0.05, 0.1) is 12.5 Å². The third-order valence-electron chi connectivity index (χ3n) is 3.79. The number of likely N-dealkylation sites (tertiary alicyclic amines) is 1. The van der Waals surface area contributed by atoms with Gasteiger partial charge in [0.1, 0.15) is 12.2 Å². The Morgan fingerprint density at radius 1 is 1.27 bits per heavy atom. The summed E-state index contributed by atoms with van der Waals surface area (Å²) in [7, 11) is 0. The molecule has 1 unspecified atom stereocenters. The summed E-state index contributed by atoms with van der Waals surface area (Å²) >= 11 is 0. The fraction of sp³-hybridized carbons (Fsp3) is 0.556. The molecule has 26 heavy (non-hydrogen) atoms. The normalized spacial score (nSPS) is 19.1. The molecule has 1 saturated heterocycles. The van der Waals surface area contributed by atoms with Gasteiger partial charge in [-0.3, -0.25) is 0 Å². The molecule has 0 aromatic heterocycles. The lowest BCUT2D eigenvalue weighted by Gasteiger charge is -2.22. The number of carbonyl (C=O) groups excluding carboxylic acids is 2. The first-order valence-electron chi connectivity index (χ1n) is 8.37. The van der Waals surface area contributed by atoms with Crippen molar-refractivity contribution in [2.24, 2.45) is 5.92 Å². The van der Waals surface area contributed by atoms with Crippen LogP contribution in [0.4, 0.5) is 18.4 Å². The van der Waals surface area contributed by atoms with Gasteiger partial charge in [-0.15, -0.1) is 0 Å². The Bertz CT molecular complexity index is 632. The molecular formula is C18H24F2N2O4. The Hall–Kier alpha value is -2.38. The van der Waals surface area contributed by atoms with Gasteiger partial charge < -0.3 is 19.7 Å². The highest BCUT2D eigenvalue weighted by atomic mass is 19.3. The van der Waals surface area contributed by atoms with Crippen LogP contribution in [0.15, 0.2) is 30.3 Å². The lowest BCUT2D eigenvalue weighted by Crippen LogP contribution is -2.40. The number of alkyl carbamates (subject to hydrolysis) is 1. The molecule has 1 aromatic rings. The summed E-state index contributed by atoms with van der Waals surface area (Å²) in [6.07, 6.45) is -1.56. The predicted molar refractivity (Wildman–Crippen MR) is 90.9 cm³/mol. The average Bonchev–Trinajstić information content (AvgIpc) is 2.85. The van der Waals surface area contributed by atoms with Crippen molar-refractivity contribution in [1.29, 1.82) is 0 Å². The number of hydrogen-bond acceptors (Lipinski definition) is 4. The number of halogens is 2. The number of hydrogen-bond donors (Lipinski definition) is 1. The van der Waals surface area contributed by atoms with E-state index >= 15 is 0 Å². The molecule has 0 bridgehead atoms. The Labute approximate surface area is 151 Å². The van der Waals surface area contributed by atoms with Gasteiger partial charge >= 0.3 is 12.2 Å². The molecule has 1 N–H and O–H groups in total. The van der Waals surface area contributed by atoms with E-state index in [1.54, 1.807) is 45.0 Å². The number of rotatable bonds is 4. The van der Waals surface area contributed by atoms with Gasteiger partial charge in [-0.25, -0.2) is 18.4 Å². The molecule has 1 aliphatic heterocycles. The predicted octanol–water partition coefficient (Wildman–Crippen LogP) is 3.42. The number of carbonyl (C=O) groups is 2. The zero-order valence-electron chi connectivity index (χ0n) is 15.1. The van der Waals surface area contributed by atoms with Gasteiger partial charge in [0.25, 0.3) is 5.92 Å². The van der Waals surface area contributed by atoms with E-state index in [9.17, 15) is 18.4 Å². The number of benzene rings is 1. The molecule has 144 valence electrons. The van der Waals surface area contributed by atoms with E-state index in [1.807, 2.05) is 6.07 Å². The topological polar surface area (TPSA) is 67.9 Å². The number of alkyl halides is 2. The molecule has 1 atom stereocenters. The van der Waals surface area contributed by atoms with Crippen LogP contribution in [0.2, 0.25) is 0 Å². The average molecular weight is 370 g/mol. The Morgan fingerprint density at radius 3 is 2.54 bits per heavy atom. The highest BCUT2D eigenvalue weighted by molar-refractivity contribution is 5.69. The van der Waals surface area contributed by atoms with Gasteiger partial charge in [0.2, 0.25) is 0 Å². The molecular weight excluding hydrogens is 346 g/mol. The molecule has 1 aromatic carbocycles. The summed E-state index contributed by atoms with van der Waals surface area (Å²) in [5.41, 5.74) is 0.0604. The van der Waals surface area contributed by atoms with Crippen LogP contribution in [0.25, 0.3) is 0 Å². The van der Waals surface area contributed by atoms with E-state index in [2.05, 4.69) is 5.32 Å². The van der Waals surface area contributed by atoms with Crippen LogP contribution in [0.3, 0.4) is 0 Å². The smallest absolute Gasteiger partial charge is 0.410 e. The van der Waals surface area contributed by atoms with E-state index in [0.29, 0.717) is 0 Å². The first kappa shape index (κ1) is 19.9. The minimum absolute atomic E-state index is 0.0164. The first-order chi connectivity index (χ1) is 12.1. The van der Waals surface area contributed by atoms with Crippen LogP contribution in [0.5, 0.6) is 0 Å². The van der Waals surface area contributed by atoms with E-state index in [4.69, 9.17) is 9.47 Å². The molecule has 0 aliphatic carbocycles. The molecule has 0 saturated carbocycles. The molecule has 1 heterocycles. The van der Waals surface area contributed by atoms with Crippen LogP contribution in [-0.4, -0.2) is 48.2 Å². The number of amides is 2. The number of ether oxygens (including phenoxy) is 2. The third-order valence-corrected chi connectivity index (χ3v) is 3.79. The van der Waals surface area contributed by atoms with E-state index < -0.39 is 36.2 Å². The van der Waals surface area contributed by atoms with E-state index in [-0.39, 0.29) is 19.7 Å². The van der Waals surface area contributed by atoms with Gasteiger partial charge in [-0.2, -0.15) is 0 Å². The maximum absolute atomic E-state index is 14.1. The van der Waals surface area contributed by atoms with Crippen molar-refractivity contribution in [3.05, 3.63) is 35.9 Å². The molecule has 8 heteroatoms. The highest BCUT2D eigenvalue weighted by Crippen LogP contribution is 2.33. The van der Waals surface area contributed by atoms with Gasteiger partial charge in [-0.05, 0) is 26.3 Å². The van der Waals surface area contributed by atoms with Crippen LogP contribution in [0.1, 0.15) is 26.3 Å². The Morgan fingerprint density at radius 2 is 1.92 bits per heavy atom. The minimum Gasteiger partial charge on any atom is -0.445 e. The highest BCUT2D eigenvalue weighted by Gasteiger charge is 2.50. The summed E-state index contributed by atoms with van der Waals surface area (Å²) in [6, 6.07) is 8.98. The Kier molecular flexibility index (Phi) is 6.05. The fourth-order valence-electron chi connectivity index (χ4n) is 2.53. The zero-order valence-corrected chi connectivity index (χ0v) is 15.1. The number of nitrogens with one attached hydrogen (secondary N) is 1. The summed E-state index contributed by atoms with van der Waals surface area (Å²) in [6.45, 7) is 3.84. The molecule has 0 radical (unpaired) electrons. The fourth-order valence-corrected chi connectivity index (χ4v) is 2.53. The van der Waals surface area contributed by atoms with Crippen molar-refractivity contribution in [1.82, 2.24) is 10.2 Å². The Balaban J connectivity index is 1.84. The standard InChI is InChI=1S/C18H24F2N2O4/c1-17(2,3)26-15(23)21-9-14-10-22(12-18(14,19)20)16(24)25-11-13-7-5-4-6-8-13/h4-8,14H,9-12H2,1-3H3,(H,21,23). The summed E-state index contributed by atoms with van der Waals surface area (Å²) in [4.78, 5) is 24.6. The molecule has 1 aliphatic rings. The minimum atomic E-state index is -3.11. The van der Waals surface area contributed by atoms with Crippen molar-refractivity contribution in [3.63, 3.8) is 0 Å². The van der Waals surface area contributed by atoms with Gasteiger partial charge in [0.15, 0.2) is 0 Å².